The van der Waals surface area contributed by atoms with Crippen LogP contribution in [0.2, 0.25) is 5.02 Å². The van der Waals surface area contributed by atoms with Gasteiger partial charge in [0.15, 0.2) is 0 Å². The van der Waals surface area contributed by atoms with Gasteiger partial charge in [-0.3, -0.25) is 0 Å². The Morgan fingerprint density at radius 2 is 1.89 bits per heavy atom. The summed E-state index contributed by atoms with van der Waals surface area (Å²) in [6.45, 7) is 4.41. The molecule has 8 heteroatoms. The zero-order valence-corrected chi connectivity index (χ0v) is 21.1. The fourth-order valence-electron chi connectivity index (χ4n) is 4.08. The molecular formula is C27H35ClN2O5. The predicted molar refractivity (Wildman–Crippen MR) is 139 cm³/mol. The lowest BCUT2D eigenvalue weighted by Crippen LogP contribution is -2.22. The molecule has 0 atom stereocenters. The van der Waals surface area contributed by atoms with Crippen molar-refractivity contribution in [3.63, 3.8) is 0 Å². The summed E-state index contributed by atoms with van der Waals surface area (Å²) in [7, 11) is 1.66. The molecule has 1 heterocycles. The second-order valence-electron chi connectivity index (χ2n) is 8.32. The number of hydrogen-bond acceptors (Lipinski definition) is 6. The summed E-state index contributed by atoms with van der Waals surface area (Å²) >= 11 is 6.38. The van der Waals surface area contributed by atoms with E-state index in [1.165, 1.54) is 16.8 Å². The van der Waals surface area contributed by atoms with Gasteiger partial charge in [-0.15, -0.1) is 0 Å². The number of nitrogens with zero attached hydrogens (tertiary/aromatic N) is 1. The van der Waals surface area contributed by atoms with E-state index in [1.54, 1.807) is 13.2 Å². The summed E-state index contributed by atoms with van der Waals surface area (Å²) in [5.74, 6) is -0.0745. The fraction of sp³-hybridized carbons (Fsp3) is 0.444. The second kappa shape index (κ2) is 14.7. The summed E-state index contributed by atoms with van der Waals surface area (Å²) in [5.41, 5.74) is 4.89. The van der Waals surface area contributed by atoms with Crippen molar-refractivity contribution in [3.8, 4) is 5.75 Å². The van der Waals surface area contributed by atoms with E-state index in [0.29, 0.717) is 33.0 Å². The molecule has 0 saturated heterocycles. The van der Waals surface area contributed by atoms with Gasteiger partial charge in [-0.1, -0.05) is 23.7 Å². The molecule has 0 aliphatic carbocycles. The van der Waals surface area contributed by atoms with Crippen molar-refractivity contribution >= 4 is 28.9 Å². The maximum atomic E-state index is 10.5. The Hall–Kier alpha value is -2.58. The Morgan fingerprint density at radius 3 is 2.71 bits per heavy atom. The number of hydrogen-bond donors (Lipinski definition) is 2. The van der Waals surface area contributed by atoms with E-state index in [-0.39, 0.29) is 0 Å². The van der Waals surface area contributed by atoms with Crippen molar-refractivity contribution in [1.82, 2.24) is 5.32 Å². The molecule has 0 fully saturated rings. The van der Waals surface area contributed by atoms with Gasteiger partial charge in [0.1, 0.15) is 12.4 Å². The number of unbranched alkanes of at least 4 members (excludes halogenated alkanes) is 1. The number of nitrogens with one attached hydrogen (secondary N) is 1. The topological polar surface area (TPSA) is 80.3 Å². The van der Waals surface area contributed by atoms with Crippen LogP contribution in [0.15, 0.2) is 48.6 Å². The Balaban J connectivity index is 1.63. The van der Waals surface area contributed by atoms with Gasteiger partial charge < -0.3 is 29.5 Å². The molecule has 2 aromatic rings. The normalized spacial score (nSPS) is 12.9. The highest BCUT2D eigenvalue weighted by Crippen LogP contribution is 2.39. The zero-order chi connectivity index (χ0) is 24.9. The van der Waals surface area contributed by atoms with Crippen molar-refractivity contribution in [1.29, 1.82) is 0 Å². The van der Waals surface area contributed by atoms with Crippen LogP contribution in [-0.2, 0) is 27.1 Å². The monoisotopic (exact) mass is 502 g/mol. The number of benzene rings is 2. The minimum absolute atomic E-state index is 0.497. The van der Waals surface area contributed by atoms with Crippen LogP contribution >= 0.6 is 11.6 Å². The van der Waals surface area contributed by atoms with Crippen LogP contribution in [0.25, 0.3) is 0 Å². The van der Waals surface area contributed by atoms with Gasteiger partial charge in [-0.25, -0.2) is 4.79 Å². The highest BCUT2D eigenvalue weighted by molar-refractivity contribution is 6.30. The third-order valence-electron chi connectivity index (χ3n) is 5.78. The Kier molecular flexibility index (Phi) is 11.4. The minimum Gasteiger partial charge on any atom is -0.491 e. The van der Waals surface area contributed by atoms with Crippen LogP contribution in [0.1, 0.15) is 24.0 Å². The maximum absolute atomic E-state index is 10.5. The molecule has 0 spiro atoms. The number of halogens is 1. The lowest BCUT2D eigenvalue weighted by Gasteiger charge is -2.27. The first-order valence-electron chi connectivity index (χ1n) is 12.1. The van der Waals surface area contributed by atoms with Gasteiger partial charge in [-0.2, -0.15) is 0 Å². The van der Waals surface area contributed by atoms with Crippen LogP contribution in [0.3, 0.4) is 0 Å². The van der Waals surface area contributed by atoms with Crippen molar-refractivity contribution in [2.45, 2.75) is 25.7 Å². The van der Waals surface area contributed by atoms with E-state index in [1.807, 2.05) is 12.1 Å². The number of carboxylic acid groups (broad SMARTS) is 1. The molecule has 0 aromatic heterocycles. The largest absolute Gasteiger partial charge is 0.491 e. The van der Waals surface area contributed by atoms with E-state index in [2.05, 4.69) is 34.5 Å². The molecule has 0 radical (unpaired) electrons. The molecule has 0 unspecified atom stereocenters. The number of methoxy groups -OCH3 is 1. The molecule has 2 aromatic carbocycles. The second-order valence-corrected chi connectivity index (χ2v) is 8.76. The van der Waals surface area contributed by atoms with Gasteiger partial charge in [0.2, 0.25) is 0 Å². The number of ether oxygens (including phenoxy) is 3. The van der Waals surface area contributed by atoms with Gasteiger partial charge in [0, 0.05) is 42.7 Å². The number of aryl methyl sites for hydroxylation is 2. The first-order chi connectivity index (χ1) is 17.1. The van der Waals surface area contributed by atoms with Crippen LogP contribution in [0.4, 0.5) is 11.4 Å². The van der Waals surface area contributed by atoms with Crippen molar-refractivity contribution in [2.24, 2.45) is 0 Å². The highest BCUT2D eigenvalue weighted by atomic mass is 35.5. The first kappa shape index (κ1) is 27.0. The van der Waals surface area contributed by atoms with Crippen molar-refractivity contribution in [3.05, 3.63) is 64.7 Å². The molecule has 7 nitrogen and oxygen atoms in total. The molecule has 3 rings (SSSR count). The van der Waals surface area contributed by atoms with Crippen molar-refractivity contribution in [2.75, 3.05) is 58.1 Å². The summed E-state index contributed by atoms with van der Waals surface area (Å²) in [5, 5.41) is 12.6. The highest BCUT2D eigenvalue weighted by Gasteiger charge is 2.21. The fourth-order valence-corrected chi connectivity index (χ4v) is 4.25. The molecule has 1 aliphatic rings. The Morgan fingerprint density at radius 1 is 1.06 bits per heavy atom. The van der Waals surface area contributed by atoms with E-state index < -0.39 is 5.97 Å². The summed E-state index contributed by atoms with van der Waals surface area (Å²) in [6.07, 6.45) is 6.62. The zero-order valence-electron chi connectivity index (χ0n) is 20.3. The third kappa shape index (κ3) is 8.85. The van der Waals surface area contributed by atoms with Gasteiger partial charge >= 0.3 is 5.97 Å². The van der Waals surface area contributed by atoms with Gasteiger partial charge in [0.05, 0.1) is 19.8 Å². The van der Waals surface area contributed by atoms with E-state index in [4.69, 9.17) is 30.9 Å². The van der Waals surface area contributed by atoms with E-state index >= 15 is 0 Å². The lowest BCUT2D eigenvalue weighted by atomic mass is 10.0. The molecule has 1 aliphatic heterocycles. The molecule has 2 N–H and O–H groups in total. The number of fused-ring (bicyclic) bond motifs is 2. The average molecular weight is 503 g/mol. The molecular weight excluding hydrogens is 468 g/mol. The Labute approximate surface area is 212 Å². The Bertz CT molecular complexity index is 982. The van der Waals surface area contributed by atoms with Gasteiger partial charge in [0.25, 0.3) is 0 Å². The molecule has 35 heavy (non-hydrogen) atoms. The SMILES string of the molecule is COCCOCCOc1ccc2c(c1)CCc1ccc(Cl)cc1N2CCCCNC/C=C/C(=O)O. The smallest absolute Gasteiger partial charge is 0.328 e. The third-order valence-corrected chi connectivity index (χ3v) is 6.01. The molecule has 190 valence electrons. The summed E-state index contributed by atoms with van der Waals surface area (Å²) < 4.78 is 16.4. The van der Waals surface area contributed by atoms with Gasteiger partial charge in [-0.05, 0) is 73.7 Å². The summed E-state index contributed by atoms with van der Waals surface area (Å²) in [4.78, 5) is 12.9. The minimum atomic E-state index is -0.923. The number of rotatable bonds is 15. The van der Waals surface area contributed by atoms with E-state index in [0.717, 1.165) is 61.3 Å². The first-order valence-corrected chi connectivity index (χ1v) is 12.4. The van der Waals surface area contributed by atoms with Crippen LogP contribution in [0.5, 0.6) is 5.75 Å². The van der Waals surface area contributed by atoms with Crippen LogP contribution < -0.4 is 15.0 Å². The molecule has 0 saturated carbocycles. The number of aliphatic carboxylic acids is 1. The standard InChI is InChI=1S/C27H35ClN2O5/c1-33-15-16-34-17-18-35-24-10-11-25-22(19-24)7-6-21-8-9-23(28)20-26(21)30(25)14-3-2-12-29-13-4-5-27(31)32/h4-5,8-11,19-20,29H,2-3,6-7,12-18H2,1H3,(H,31,32)/b5-4+. The van der Waals surface area contributed by atoms with Crippen LogP contribution in [0, 0.1) is 0 Å². The quantitative estimate of drug-likeness (QED) is 0.271. The predicted octanol–water partition coefficient (Wildman–Crippen LogP) is 4.63. The number of anilines is 2. The number of carboxylic acids is 1. The summed E-state index contributed by atoms with van der Waals surface area (Å²) in [6, 6.07) is 12.4. The van der Waals surface area contributed by atoms with Crippen molar-refractivity contribution < 1.29 is 24.1 Å². The van der Waals surface area contributed by atoms with E-state index in [9.17, 15) is 4.79 Å². The lowest BCUT2D eigenvalue weighted by molar-refractivity contribution is -0.131. The average Bonchev–Trinajstić information content (AvgIpc) is 2.99. The molecule has 0 bridgehead atoms. The molecule has 0 amide bonds. The maximum Gasteiger partial charge on any atom is 0.328 e. The van der Waals surface area contributed by atoms with Crippen LogP contribution in [-0.4, -0.2) is 64.2 Å². The number of carbonyl (C=O) groups is 1.